The van der Waals surface area contributed by atoms with Gasteiger partial charge >= 0.3 is 0 Å². The fourth-order valence-electron chi connectivity index (χ4n) is 2.00. The number of ether oxygens (including phenoxy) is 1. The number of benzene rings is 1. The Kier molecular flexibility index (Phi) is 4.88. The molecular formula is C13H16ClNO4S. The molecule has 1 aromatic carbocycles. The van der Waals surface area contributed by atoms with Crippen LogP contribution in [0.25, 0.3) is 0 Å². The van der Waals surface area contributed by atoms with Gasteiger partial charge in [0.05, 0.1) is 24.5 Å². The van der Waals surface area contributed by atoms with Crippen molar-refractivity contribution in [1.29, 1.82) is 0 Å². The second-order valence-corrected chi connectivity index (χ2v) is 7.39. The summed E-state index contributed by atoms with van der Waals surface area (Å²) in [6.45, 7) is 0.243. The van der Waals surface area contributed by atoms with Gasteiger partial charge in [-0.3, -0.25) is 4.79 Å². The van der Waals surface area contributed by atoms with Crippen LogP contribution in [0, 0.1) is 0 Å². The van der Waals surface area contributed by atoms with Gasteiger partial charge in [0.15, 0.2) is 9.84 Å². The lowest BCUT2D eigenvalue weighted by Gasteiger charge is -2.11. The quantitative estimate of drug-likeness (QED) is 0.891. The van der Waals surface area contributed by atoms with Gasteiger partial charge in [-0.15, -0.1) is 0 Å². The zero-order chi connectivity index (χ0) is 14.6. The van der Waals surface area contributed by atoms with E-state index in [-0.39, 0.29) is 36.5 Å². The first-order chi connectivity index (χ1) is 9.44. The van der Waals surface area contributed by atoms with Gasteiger partial charge in [0.2, 0.25) is 5.91 Å². The fraction of sp³-hybridized carbons (Fsp3) is 0.462. The minimum absolute atomic E-state index is 0.0385. The predicted octanol–water partition coefficient (Wildman–Crippen LogP) is 1.41. The molecule has 1 saturated heterocycles. The normalized spacial score (nSPS) is 20.6. The molecule has 2 rings (SSSR count). The molecule has 0 radical (unpaired) electrons. The van der Waals surface area contributed by atoms with Crippen LogP contribution in [0.4, 0.5) is 0 Å². The van der Waals surface area contributed by atoms with Crippen molar-refractivity contribution in [3.8, 4) is 5.75 Å². The number of hydrogen-bond donors (Lipinski definition) is 1. The summed E-state index contributed by atoms with van der Waals surface area (Å²) in [6.07, 6.45) is 0.686. The summed E-state index contributed by atoms with van der Waals surface area (Å²) in [4.78, 5) is 11.6. The first-order valence-corrected chi connectivity index (χ1v) is 8.53. The second kappa shape index (κ2) is 6.45. The average Bonchev–Trinajstić information content (AvgIpc) is 2.71. The highest BCUT2D eigenvalue weighted by atomic mass is 35.5. The number of carbonyl (C=O) groups excluding carboxylic acids is 1. The maximum Gasteiger partial charge on any atom is 0.223 e. The third-order valence-electron chi connectivity index (χ3n) is 3.01. The van der Waals surface area contributed by atoms with Gasteiger partial charge in [0.25, 0.3) is 0 Å². The van der Waals surface area contributed by atoms with Crippen molar-refractivity contribution in [2.24, 2.45) is 0 Å². The molecule has 0 aliphatic carbocycles. The summed E-state index contributed by atoms with van der Waals surface area (Å²) < 4.78 is 27.9. The topological polar surface area (TPSA) is 72.5 Å². The van der Waals surface area contributed by atoms with Crippen molar-refractivity contribution in [2.75, 3.05) is 18.1 Å². The Hall–Kier alpha value is -1.27. The number of sulfone groups is 1. The van der Waals surface area contributed by atoms with E-state index in [1.54, 1.807) is 24.3 Å². The molecule has 7 heteroatoms. The van der Waals surface area contributed by atoms with Crippen LogP contribution in [-0.2, 0) is 14.6 Å². The van der Waals surface area contributed by atoms with Crippen LogP contribution in [0.5, 0.6) is 5.75 Å². The Balaban J connectivity index is 1.69. The van der Waals surface area contributed by atoms with E-state index >= 15 is 0 Å². The number of carbonyl (C=O) groups is 1. The molecule has 1 atom stereocenters. The summed E-state index contributed by atoms with van der Waals surface area (Å²) in [7, 11) is -2.97. The summed E-state index contributed by atoms with van der Waals surface area (Å²) in [5.74, 6) is 0.641. The van der Waals surface area contributed by atoms with E-state index in [2.05, 4.69) is 5.32 Å². The van der Waals surface area contributed by atoms with E-state index < -0.39 is 9.84 Å². The van der Waals surface area contributed by atoms with Gasteiger partial charge in [0, 0.05) is 11.1 Å². The molecule has 110 valence electrons. The van der Waals surface area contributed by atoms with Gasteiger partial charge < -0.3 is 10.1 Å². The van der Waals surface area contributed by atoms with Gasteiger partial charge in [-0.25, -0.2) is 8.42 Å². The van der Waals surface area contributed by atoms with E-state index in [0.29, 0.717) is 17.2 Å². The molecule has 1 fully saturated rings. The third kappa shape index (κ3) is 4.68. The number of hydrogen-bond acceptors (Lipinski definition) is 4. The summed E-state index contributed by atoms with van der Waals surface area (Å²) in [5, 5.41) is 3.33. The molecule has 1 aliphatic rings. The molecule has 20 heavy (non-hydrogen) atoms. The number of halogens is 1. The lowest BCUT2D eigenvalue weighted by Crippen LogP contribution is -2.36. The Morgan fingerprint density at radius 3 is 2.65 bits per heavy atom. The van der Waals surface area contributed by atoms with Gasteiger partial charge in [-0.05, 0) is 30.7 Å². The van der Waals surface area contributed by atoms with Crippen molar-refractivity contribution < 1.29 is 17.9 Å². The van der Waals surface area contributed by atoms with E-state index in [1.807, 2.05) is 0 Å². The fourth-order valence-corrected chi connectivity index (χ4v) is 3.80. The SMILES string of the molecule is O=C(CCOc1ccc(Cl)cc1)NC1CCS(=O)(=O)C1. The van der Waals surface area contributed by atoms with Gasteiger partial charge in [0.1, 0.15) is 5.75 Å². The maximum atomic E-state index is 11.6. The van der Waals surface area contributed by atoms with Crippen LogP contribution in [0.15, 0.2) is 24.3 Å². The van der Waals surface area contributed by atoms with Crippen molar-refractivity contribution in [3.63, 3.8) is 0 Å². The van der Waals surface area contributed by atoms with Crippen molar-refractivity contribution in [1.82, 2.24) is 5.32 Å². The Bertz CT molecular complexity index is 571. The number of amides is 1. The zero-order valence-electron chi connectivity index (χ0n) is 10.8. The standard InChI is InChI=1S/C13H16ClNO4S/c14-10-1-3-12(4-2-10)19-7-5-13(16)15-11-6-8-20(17,18)9-11/h1-4,11H,5-9H2,(H,15,16). The second-order valence-electron chi connectivity index (χ2n) is 4.72. The molecule has 1 heterocycles. The monoisotopic (exact) mass is 317 g/mol. The van der Waals surface area contributed by atoms with Gasteiger partial charge in [-0.1, -0.05) is 11.6 Å². The van der Waals surface area contributed by atoms with E-state index in [1.165, 1.54) is 0 Å². The number of rotatable bonds is 5. The highest BCUT2D eigenvalue weighted by molar-refractivity contribution is 7.91. The maximum absolute atomic E-state index is 11.6. The van der Waals surface area contributed by atoms with Crippen molar-refractivity contribution in [2.45, 2.75) is 18.9 Å². The van der Waals surface area contributed by atoms with Crippen LogP contribution >= 0.6 is 11.6 Å². The van der Waals surface area contributed by atoms with Crippen LogP contribution in [-0.4, -0.2) is 38.5 Å². The first-order valence-electron chi connectivity index (χ1n) is 6.33. The van der Waals surface area contributed by atoms with E-state index in [4.69, 9.17) is 16.3 Å². The highest BCUT2D eigenvalue weighted by Crippen LogP contribution is 2.15. The molecular weight excluding hydrogens is 302 g/mol. The molecule has 5 nitrogen and oxygen atoms in total. The Labute approximate surface area is 123 Å². The lowest BCUT2D eigenvalue weighted by atomic mass is 10.2. The van der Waals surface area contributed by atoms with Crippen LogP contribution in [0.2, 0.25) is 5.02 Å². The predicted molar refractivity (Wildman–Crippen MR) is 76.8 cm³/mol. The van der Waals surface area contributed by atoms with Gasteiger partial charge in [-0.2, -0.15) is 0 Å². The average molecular weight is 318 g/mol. The summed E-state index contributed by atoms with van der Waals surface area (Å²) in [5.41, 5.74) is 0. The minimum atomic E-state index is -2.97. The summed E-state index contributed by atoms with van der Waals surface area (Å²) in [6, 6.07) is 6.61. The third-order valence-corrected chi connectivity index (χ3v) is 5.03. The van der Waals surface area contributed by atoms with E-state index in [9.17, 15) is 13.2 Å². The lowest BCUT2D eigenvalue weighted by molar-refractivity contribution is -0.122. The largest absolute Gasteiger partial charge is 0.493 e. The zero-order valence-corrected chi connectivity index (χ0v) is 12.4. The first kappa shape index (κ1) is 15.1. The molecule has 1 N–H and O–H groups in total. The van der Waals surface area contributed by atoms with Crippen molar-refractivity contribution in [3.05, 3.63) is 29.3 Å². The van der Waals surface area contributed by atoms with Crippen LogP contribution in [0.1, 0.15) is 12.8 Å². The molecule has 1 amide bonds. The molecule has 1 aliphatic heterocycles. The number of nitrogens with one attached hydrogen (secondary N) is 1. The minimum Gasteiger partial charge on any atom is -0.493 e. The van der Waals surface area contributed by atoms with E-state index in [0.717, 1.165) is 0 Å². The van der Waals surface area contributed by atoms with Crippen LogP contribution < -0.4 is 10.1 Å². The molecule has 0 saturated carbocycles. The Morgan fingerprint density at radius 2 is 2.05 bits per heavy atom. The Morgan fingerprint density at radius 1 is 1.35 bits per heavy atom. The molecule has 0 aromatic heterocycles. The molecule has 0 bridgehead atoms. The smallest absolute Gasteiger partial charge is 0.223 e. The van der Waals surface area contributed by atoms with Crippen molar-refractivity contribution >= 4 is 27.3 Å². The van der Waals surface area contributed by atoms with Crippen LogP contribution in [0.3, 0.4) is 0 Å². The summed E-state index contributed by atoms with van der Waals surface area (Å²) >= 11 is 5.75. The highest BCUT2D eigenvalue weighted by Gasteiger charge is 2.28. The molecule has 0 spiro atoms. The molecule has 1 unspecified atom stereocenters. The molecule has 1 aromatic rings.